The Morgan fingerprint density at radius 2 is 2.08 bits per heavy atom. The maximum atomic E-state index is 12.6. The lowest BCUT2D eigenvalue weighted by molar-refractivity contribution is 0.0755. The van der Waals surface area contributed by atoms with Crippen LogP contribution in [0.3, 0.4) is 0 Å². The molecule has 134 valence electrons. The number of amides is 1. The average molecular weight is 371 g/mol. The van der Waals surface area contributed by atoms with Crippen LogP contribution in [0.15, 0.2) is 47.0 Å². The summed E-state index contributed by atoms with van der Waals surface area (Å²) in [4.78, 5) is 25.4. The number of halogens is 1. The summed E-state index contributed by atoms with van der Waals surface area (Å²) in [6.07, 6.45) is 2.56. The number of oxazole rings is 1. The van der Waals surface area contributed by atoms with Crippen molar-refractivity contribution in [2.24, 2.45) is 0 Å². The van der Waals surface area contributed by atoms with Crippen LogP contribution in [-0.4, -0.2) is 51.9 Å². The molecule has 0 aliphatic carbocycles. The molecule has 1 aromatic carbocycles. The number of nitrogens with zero attached hydrogens (tertiary/aromatic N) is 4. The molecule has 1 aliphatic heterocycles. The first-order valence-corrected chi connectivity index (χ1v) is 9.04. The van der Waals surface area contributed by atoms with Crippen LogP contribution >= 0.6 is 11.6 Å². The molecular weight excluding hydrogens is 352 g/mol. The molecule has 6 nitrogen and oxygen atoms in total. The van der Waals surface area contributed by atoms with Crippen LogP contribution in [0, 0.1) is 0 Å². The Bertz CT molecular complexity index is 912. The maximum absolute atomic E-state index is 12.6. The third-order valence-corrected chi connectivity index (χ3v) is 4.75. The van der Waals surface area contributed by atoms with Crippen LogP contribution < -0.4 is 0 Å². The van der Waals surface area contributed by atoms with Gasteiger partial charge in [0.15, 0.2) is 5.58 Å². The number of hydrogen-bond acceptors (Lipinski definition) is 5. The SMILES string of the molecule is O=C(c1ccccn1)N1CCCN(Cc2nc3cc(Cl)ccc3o2)CC1. The number of benzene rings is 1. The summed E-state index contributed by atoms with van der Waals surface area (Å²) in [5.74, 6) is 0.663. The minimum Gasteiger partial charge on any atom is -0.439 e. The summed E-state index contributed by atoms with van der Waals surface area (Å²) in [6, 6.07) is 10.8. The van der Waals surface area contributed by atoms with Crippen molar-refractivity contribution in [2.45, 2.75) is 13.0 Å². The van der Waals surface area contributed by atoms with Gasteiger partial charge in [0.25, 0.3) is 5.91 Å². The van der Waals surface area contributed by atoms with E-state index in [-0.39, 0.29) is 5.91 Å². The van der Waals surface area contributed by atoms with Crippen LogP contribution in [0.1, 0.15) is 22.8 Å². The van der Waals surface area contributed by atoms with Crippen molar-refractivity contribution < 1.29 is 9.21 Å². The Morgan fingerprint density at radius 3 is 2.92 bits per heavy atom. The number of rotatable bonds is 3. The Hall–Kier alpha value is -2.44. The molecule has 1 saturated heterocycles. The van der Waals surface area contributed by atoms with Crippen molar-refractivity contribution in [1.29, 1.82) is 0 Å². The van der Waals surface area contributed by atoms with E-state index in [0.717, 1.165) is 37.2 Å². The lowest BCUT2D eigenvalue weighted by atomic mass is 10.3. The van der Waals surface area contributed by atoms with E-state index in [1.807, 2.05) is 23.1 Å². The summed E-state index contributed by atoms with van der Waals surface area (Å²) < 4.78 is 5.81. The molecule has 0 saturated carbocycles. The fraction of sp³-hybridized carbons (Fsp3) is 0.316. The molecular formula is C19H19ClN4O2. The van der Waals surface area contributed by atoms with Crippen LogP contribution in [0.2, 0.25) is 5.02 Å². The molecule has 4 rings (SSSR count). The third kappa shape index (κ3) is 3.71. The highest BCUT2D eigenvalue weighted by molar-refractivity contribution is 6.31. The number of aromatic nitrogens is 2. The number of fused-ring (bicyclic) bond motifs is 1. The van der Waals surface area contributed by atoms with Crippen molar-refractivity contribution in [3.63, 3.8) is 0 Å². The van der Waals surface area contributed by atoms with Crippen LogP contribution in [-0.2, 0) is 6.54 Å². The second kappa shape index (κ2) is 7.43. The maximum Gasteiger partial charge on any atom is 0.272 e. The zero-order valence-electron chi connectivity index (χ0n) is 14.3. The van der Waals surface area contributed by atoms with Gasteiger partial charge in [-0.25, -0.2) is 4.98 Å². The Balaban J connectivity index is 1.41. The van der Waals surface area contributed by atoms with E-state index >= 15 is 0 Å². The normalized spacial score (nSPS) is 16.0. The molecule has 26 heavy (non-hydrogen) atoms. The summed E-state index contributed by atoms with van der Waals surface area (Å²) >= 11 is 6.00. The summed E-state index contributed by atoms with van der Waals surface area (Å²) in [7, 11) is 0. The van der Waals surface area contributed by atoms with Gasteiger partial charge >= 0.3 is 0 Å². The molecule has 0 unspecified atom stereocenters. The molecule has 3 heterocycles. The van der Waals surface area contributed by atoms with Gasteiger partial charge in [0, 0.05) is 37.4 Å². The summed E-state index contributed by atoms with van der Waals surface area (Å²) in [5, 5.41) is 0.649. The molecule has 0 spiro atoms. The van der Waals surface area contributed by atoms with Gasteiger partial charge in [0.1, 0.15) is 11.2 Å². The molecule has 0 atom stereocenters. The van der Waals surface area contributed by atoms with E-state index in [1.54, 1.807) is 24.4 Å². The van der Waals surface area contributed by atoms with Crippen molar-refractivity contribution in [2.75, 3.05) is 26.2 Å². The topological polar surface area (TPSA) is 62.5 Å². The summed E-state index contributed by atoms with van der Waals surface area (Å²) in [5.41, 5.74) is 2.01. The van der Waals surface area contributed by atoms with Gasteiger partial charge < -0.3 is 9.32 Å². The first kappa shape index (κ1) is 17.0. The Kier molecular flexibility index (Phi) is 4.86. The highest BCUT2D eigenvalue weighted by Crippen LogP contribution is 2.21. The van der Waals surface area contributed by atoms with E-state index in [1.165, 1.54) is 0 Å². The zero-order valence-corrected chi connectivity index (χ0v) is 15.0. The fourth-order valence-corrected chi connectivity index (χ4v) is 3.36. The predicted octanol–water partition coefficient (Wildman–Crippen LogP) is 3.22. The van der Waals surface area contributed by atoms with Gasteiger partial charge in [-0.2, -0.15) is 0 Å². The van der Waals surface area contributed by atoms with Gasteiger partial charge in [-0.15, -0.1) is 0 Å². The third-order valence-electron chi connectivity index (χ3n) is 4.51. The smallest absolute Gasteiger partial charge is 0.272 e. The lowest BCUT2D eigenvalue weighted by Crippen LogP contribution is -2.35. The van der Waals surface area contributed by atoms with Crippen molar-refractivity contribution in [3.05, 3.63) is 59.2 Å². The van der Waals surface area contributed by atoms with Gasteiger partial charge in [0.2, 0.25) is 5.89 Å². The molecule has 3 aromatic rings. The monoisotopic (exact) mass is 370 g/mol. The highest BCUT2D eigenvalue weighted by atomic mass is 35.5. The molecule has 1 amide bonds. The minimum atomic E-state index is -0.0102. The first-order valence-electron chi connectivity index (χ1n) is 8.67. The summed E-state index contributed by atoms with van der Waals surface area (Å²) in [6.45, 7) is 3.69. The first-order chi connectivity index (χ1) is 12.7. The minimum absolute atomic E-state index is 0.0102. The van der Waals surface area contributed by atoms with E-state index in [9.17, 15) is 4.79 Å². The highest BCUT2D eigenvalue weighted by Gasteiger charge is 2.22. The van der Waals surface area contributed by atoms with Crippen LogP contribution in [0.5, 0.6) is 0 Å². The van der Waals surface area contributed by atoms with E-state index in [2.05, 4.69) is 14.9 Å². The number of pyridine rings is 1. The molecule has 0 N–H and O–H groups in total. The largest absolute Gasteiger partial charge is 0.439 e. The second-order valence-corrected chi connectivity index (χ2v) is 6.79. The molecule has 1 fully saturated rings. The number of carbonyl (C=O) groups excluding carboxylic acids is 1. The number of hydrogen-bond donors (Lipinski definition) is 0. The van der Waals surface area contributed by atoms with E-state index < -0.39 is 0 Å². The second-order valence-electron chi connectivity index (χ2n) is 6.36. The van der Waals surface area contributed by atoms with Gasteiger partial charge in [0.05, 0.1) is 6.54 Å². The fourth-order valence-electron chi connectivity index (χ4n) is 3.19. The predicted molar refractivity (Wildman–Crippen MR) is 99.1 cm³/mol. The van der Waals surface area contributed by atoms with Crippen LogP contribution in [0.25, 0.3) is 11.1 Å². The Labute approximate surface area is 156 Å². The van der Waals surface area contributed by atoms with Gasteiger partial charge in [-0.05, 0) is 36.8 Å². The Morgan fingerprint density at radius 1 is 1.15 bits per heavy atom. The zero-order chi connectivity index (χ0) is 17.9. The molecule has 2 aromatic heterocycles. The van der Waals surface area contributed by atoms with Gasteiger partial charge in [-0.3, -0.25) is 14.7 Å². The molecule has 0 bridgehead atoms. The lowest BCUT2D eigenvalue weighted by Gasteiger charge is -2.20. The standard InChI is InChI=1S/C19H19ClN4O2/c20-14-5-6-17-16(12-14)22-18(26-17)13-23-8-3-9-24(11-10-23)19(25)15-4-1-2-7-21-15/h1-2,4-7,12H,3,8-11,13H2. The molecule has 0 radical (unpaired) electrons. The van der Waals surface area contributed by atoms with E-state index in [4.69, 9.17) is 16.0 Å². The van der Waals surface area contributed by atoms with Crippen molar-refractivity contribution >= 4 is 28.6 Å². The molecule has 7 heteroatoms. The van der Waals surface area contributed by atoms with Crippen molar-refractivity contribution in [3.8, 4) is 0 Å². The number of carbonyl (C=O) groups is 1. The van der Waals surface area contributed by atoms with Crippen LogP contribution in [0.4, 0.5) is 0 Å². The average Bonchev–Trinajstić information content (AvgIpc) is 2.90. The van der Waals surface area contributed by atoms with Crippen molar-refractivity contribution in [1.82, 2.24) is 19.8 Å². The molecule has 1 aliphatic rings. The quantitative estimate of drug-likeness (QED) is 0.708. The van der Waals surface area contributed by atoms with E-state index in [0.29, 0.717) is 29.7 Å². The van der Waals surface area contributed by atoms with Gasteiger partial charge in [-0.1, -0.05) is 17.7 Å².